The molecule has 2 aromatic carbocycles. The number of Topliss-reactive ketones (excluding diaryl/α,β-unsaturated/α-hetero) is 1. The van der Waals surface area contributed by atoms with Crippen molar-refractivity contribution in [3.05, 3.63) is 94.2 Å². The molecule has 0 bridgehead atoms. The number of nitrogens with zero attached hydrogens (tertiary/aromatic N) is 3. The quantitative estimate of drug-likeness (QED) is 0.571. The second-order valence-corrected chi connectivity index (χ2v) is 8.49. The molecule has 1 fully saturated rings. The van der Waals surface area contributed by atoms with Gasteiger partial charge >= 0.3 is 0 Å². The number of benzene rings is 2. The molecule has 2 aliphatic heterocycles. The molecule has 5 rings (SSSR count). The summed E-state index contributed by atoms with van der Waals surface area (Å²) in [5.74, 6) is -0.634. The normalized spacial score (nSPS) is 23.1. The lowest BCUT2D eigenvalue weighted by Crippen LogP contribution is -2.44. The molecule has 0 amide bonds. The second kappa shape index (κ2) is 6.99. The minimum atomic E-state index is -1.39. The standard InChI is InChI=1S/C25H17N3OS/c26-15-25(16-27)21-13-12-17-7-4-5-10-19(17)28(21)23(24(29)20-11-6-14-30-20)22(25)18-8-2-1-3-9-18/h1-14,21-23H/t21-,22-,23-/m1/s1. The molecule has 0 spiro atoms. The first-order chi connectivity index (χ1) is 14.7. The highest BCUT2D eigenvalue weighted by Crippen LogP contribution is 2.55. The predicted octanol–water partition coefficient (Wildman–Crippen LogP) is 5.03. The van der Waals surface area contributed by atoms with Crippen molar-refractivity contribution in [2.75, 3.05) is 4.90 Å². The Hall–Kier alpha value is -3.67. The van der Waals surface area contributed by atoms with Crippen molar-refractivity contribution in [3.63, 3.8) is 0 Å². The first-order valence-electron chi connectivity index (χ1n) is 9.72. The van der Waals surface area contributed by atoms with Crippen LogP contribution in [0.3, 0.4) is 0 Å². The molecule has 2 aliphatic rings. The lowest BCUT2D eigenvalue weighted by atomic mass is 9.69. The summed E-state index contributed by atoms with van der Waals surface area (Å²) < 4.78 is 0. The van der Waals surface area contributed by atoms with Gasteiger partial charge in [0.05, 0.1) is 23.1 Å². The Morgan fingerprint density at radius 1 is 0.967 bits per heavy atom. The average molecular weight is 407 g/mol. The van der Waals surface area contributed by atoms with Crippen molar-refractivity contribution in [2.45, 2.75) is 18.0 Å². The molecule has 0 N–H and O–H groups in total. The molecule has 3 aromatic rings. The van der Waals surface area contributed by atoms with Crippen LogP contribution in [0.2, 0.25) is 0 Å². The van der Waals surface area contributed by atoms with E-state index in [4.69, 9.17) is 0 Å². The molecule has 5 heteroatoms. The van der Waals surface area contributed by atoms with Crippen molar-refractivity contribution in [1.82, 2.24) is 0 Å². The van der Waals surface area contributed by atoms with E-state index in [0.29, 0.717) is 4.88 Å². The maximum Gasteiger partial charge on any atom is 0.195 e. The number of hydrogen-bond donors (Lipinski definition) is 0. The van der Waals surface area contributed by atoms with Crippen molar-refractivity contribution in [1.29, 1.82) is 10.5 Å². The van der Waals surface area contributed by atoms with Crippen LogP contribution in [0.25, 0.3) is 6.08 Å². The van der Waals surface area contributed by atoms with E-state index >= 15 is 0 Å². The number of hydrogen-bond acceptors (Lipinski definition) is 5. The van der Waals surface area contributed by atoms with Gasteiger partial charge in [0.15, 0.2) is 11.2 Å². The zero-order valence-corrected chi connectivity index (χ0v) is 16.8. The number of fused-ring (bicyclic) bond motifs is 3. The van der Waals surface area contributed by atoms with Crippen LogP contribution >= 0.6 is 11.3 Å². The highest BCUT2D eigenvalue weighted by molar-refractivity contribution is 7.12. The number of thiophene rings is 1. The van der Waals surface area contributed by atoms with Crippen LogP contribution < -0.4 is 4.90 Å². The van der Waals surface area contributed by atoms with E-state index in [1.54, 1.807) is 0 Å². The number of carbonyl (C=O) groups is 1. The van der Waals surface area contributed by atoms with Gasteiger partial charge in [-0.3, -0.25) is 4.79 Å². The maximum absolute atomic E-state index is 13.8. The lowest BCUT2D eigenvalue weighted by Gasteiger charge is -2.35. The molecule has 0 radical (unpaired) electrons. The molecule has 3 heterocycles. The number of carbonyl (C=O) groups excluding carboxylic acids is 1. The first kappa shape index (κ1) is 18.4. The zero-order valence-electron chi connectivity index (χ0n) is 16.0. The highest BCUT2D eigenvalue weighted by Gasteiger charge is 2.63. The third kappa shape index (κ3) is 2.46. The summed E-state index contributed by atoms with van der Waals surface area (Å²) in [7, 11) is 0. The van der Waals surface area contributed by atoms with E-state index in [1.807, 2.05) is 89.2 Å². The van der Waals surface area contributed by atoms with Gasteiger partial charge in [-0.1, -0.05) is 66.7 Å². The molecule has 1 aromatic heterocycles. The number of rotatable bonds is 3. The van der Waals surface area contributed by atoms with Crippen LogP contribution in [0.4, 0.5) is 5.69 Å². The van der Waals surface area contributed by atoms with Crippen LogP contribution in [0.5, 0.6) is 0 Å². The van der Waals surface area contributed by atoms with Crippen LogP contribution in [-0.4, -0.2) is 17.9 Å². The van der Waals surface area contributed by atoms with Gasteiger partial charge in [0.1, 0.15) is 6.04 Å². The SMILES string of the molecule is N#CC1(C#N)[C@H](c2ccccc2)[C@H](C(=O)c2cccs2)N2c3ccccc3C=C[C@@H]21. The van der Waals surface area contributed by atoms with Crippen LogP contribution in [0.1, 0.15) is 26.7 Å². The fraction of sp³-hybridized carbons (Fsp3) is 0.160. The van der Waals surface area contributed by atoms with Crippen molar-refractivity contribution in [3.8, 4) is 12.1 Å². The van der Waals surface area contributed by atoms with Crippen LogP contribution in [0.15, 0.2) is 78.2 Å². The summed E-state index contributed by atoms with van der Waals surface area (Å²) in [5, 5.41) is 22.5. The number of nitriles is 2. The van der Waals surface area contributed by atoms with Gasteiger partial charge in [0.2, 0.25) is 0 Å². The van der Waals surface area contributed by atoms with Crippen LogP contribution in [-0.2, 0) is 0 Å². The molecular formula is C25H17N3OS. The average Bonchev–Trinajstić information content (AvgIpc) is 3.44. The lowest BCUT2D eigenvalue weighted by molar-refractivity contribution is 0.0955. The fourth-order valence-electron chi connectivity index (χ4n) is 4.83. The molecule has 30 heavy (non-hydrogen) atoms. The summed E-state index contributed by atoms with van der Waals surface area (Å²) in [6.07, 6.45) is 3.87. The van der Waals surface area contributed by atoms with Crippen molar-refractivity contribution in [2.24, 2.45) is 5.41 Å². The predicted molar refractivity (Wildman–Crippen MR) is 117 cm³/mol. The van der Waals surface area contributed by atoms with E-state index in [2.05, 4.69) is 12.1 Å². The van der Waals surface area contributed by atoms with Gasteiger partial charge in [-0.15, -0.1) is 11.3 Å². The van der Waals surface area contributed by atoms with E-state index < -0.39 is 23.4 Å². The van der Waals surface area contributed by atoms with Gasteiger partial charge < -0.3 is 4.90 Å². The Balaban J connectivity index is 1.80. The Morgan fingerprint density at radius 3 is 2.40 bits per heavy atom. The summed E-state index contributed by atoms with van der Waals surface area (Å²) in [6.45, 7) is 0. The molecule has 0 aliphatic carbocycles. The number of ketones is 1. The smallest absolute Gasteiger partial charge is 0.195 e. The highest BCUT2D eigenvalue weighted by atomic mass is 32.1. The molecular weight excluding hydrogens is 390 g/mol. The molecule has 0 unspecified atom stereocenters. The first-order valence-corrected chi connectivity index (χ1v) is 10.6. The van der Waals surface area contributed by atoms with Crippen molar-refractivity contribution < 1.29 is 4.79 Å². The largest absolute Gasteiger partial charge is 0.351 e. The Labute approximate surface area is 178 Å². The molecule has 1 saturated heterocycles. The Morgan fingerprint density at radius 2 is 1.70 bits per heavy atom. The van der Waals surface area contributed by atoms with E-state index in [1.165, 1.54) is 11.3 Å². The third-order valence-electron chi connectivity index (χ3n) is 6.11. The third-order valence-corrected chi connectivity index (χ3v) is 6.99. The number of anilines is 1. The minimum absolute atomic E-state index is 0.0543. The minimum Gasteiger partial charge on any atom is -0.351 e. The van der Waals surface area contributed by atoms with E-state index in [9.17, 15) is 15.3 Å². The number of para-hydroxylation sites is 1. The van der Waals surface area contributed by atoms with Gasteiger partial charge in [0, 0.05) is 11.6 Å². The summed E-state index contributed by atoms with van der Waals surface area (Å²) in [6, 6.07) is 24.5. The zero-order chi connectivity index (χ0) is 20.7. The summed E-state index contributed by atoms with van der Waals surface area (Å²) >= 11 is 1.39. The van der Waals surface area contributed by atoms with E-state index in [-0.39, 0.29) is 5.78 Å². The molecule has 0 saturated carbocycles. The van der Waals surface area contributed by atoms with Crippen molar-refractivity contribution >= 4 is 28.9 Å². The topological polar surface area (TPSA) is 67.9 Å². The Bertz CT molecular complexity index is 1200. The van der Waals surface area contributed by atoms with Gasteiger partial charge in [-0.25, -0.2) is 0 Å². The van der Waals surface area contributed by atoms with Crippen LogP contribution in [0, 0.1) is 28.1 Å². The summed E-state index contributed by atoms with van der Waals surface area (Å²) in [4.78, 5) is 16.4. The monoisotopic (exact) mass is 407 g/mol. The van der Waals surface area contributed by atoms with E-state index in [0.717, 1.165) is 16.8 Å². The maximum atomic E-state index is 13.8. The fourth-order valence-corrected chi connectivity index (χ4v) is 5.53. The molecule has 4 nitrogen and oxygen atoms in total. The van der Waals surface area contributed by atoms with Gasteiger partial charge in [0.25, 0.3) is 0 Å². The van der Waals surface area contributed by atoms with Gasteiger partial charge in [-0.05, 0) is 28.6 Å². The summed E-state index contributed by atoms with van der Waals surface area (Å²) in [5.41, 5.74) is 1.31. The molecule has 3 atom stereocenters. The molecule has 144 valence electrons. The van der Waals surface area contributed by atoms with Gasteiger partial charge in [-0.2, -0.15) is 10.5 Å². The Kier molecular flexibility index (Phi) is 4.28. The second-order valence-electron chi connectivity index (χ2n) is 7.54.